The largest absolute Gasteiger partial charge is 0.490 e. The summed E-state index contributed by atoms with van der Waals surface area (Å²) < 4.78 is 4.90. The molecule has 0 aliphatic carbocycles. The molecule has 7 heteroatoms. The van der Waals surface area contributed by atoms with E-state index in [0.29, 0.717) is 17.3 Å². The lowest BCUT2D eigenvalue weighted by Gasteiger charge is -2.03. The maximum atomic E-state index is 11.5. The highest BCUT2D eigenvalue weighted by Crippen LogP contribution is 2.11. The third kappa shape index (κ3) is 1.58. The summed E-state index contributed by atoms with van der Waals surface area (Å²) >= 11 is 0. The van der Waals surface area contributed by atoms with E-state index in [0.717, 1.165) is 0 Å². The van der Waals surface area contributed by atoms with Crippen molar-refractivity contribution in [1.29, 1.82) is 0 Å². The Morgan fingerprint density at radius 2 is 2.20 bits per heavy atom. The van der Waals surface area contributed by atoms with Crippen LogP contribution in [0.3, 0.4) is 0 Å². The van der Waals surface area contributed by atoms with Gasteiger partial charge < -0.3 is 9.72 Å². The van der Waals surface area contributed by atoms with Gasteiger partial charge in [0.05, 0.1) is 12.8 Å². The van der Waals surface area contributed by atoms with E-state index in [9.17, 15) is 4.79 Å². The molecule has 2 aromatic rings. The number of methoxy groups -OCH3 is 1. The van der Waals surface area contributed by atoms with Gasteiger partial charge in [-0.2, -0.15) is 5.10 Å². The number of rotatable bonds is 2. The second-order valence-electron chi connectivity index (χ2n) is 2.87. The molecule has 0 amide bonds. The van der Waals surface area contributed by atoms with Gasteiger partial charge in [0.2, 0.25) is 5.75 Å². The second-order valence-corrected chi connectivity index (χ2v) is 2.87. The lowest BCUT2D eigenvalue weighted by Crippen LogP contribution is -2.14. The summed E-state index contributed by atoms with van der Waals surface area (Å²) in [5.41, 5.74) is 0.170. The van der Waals surface area contributed by atoms with Gasteiger partial charge in [0.15, 0.2) is 11.6 Å². The minimum absolute atomic E-state index is 0.207. The van der Waals surface area contributed by atoms with E-state index >= 15 is 0 Å². The van der Waals surface area contributed by atoms with Crippen LogP contribution in [0, 0.1) is 6.92 Å². The van der Waals surface area contributed by atoms with Gasteiger partial charge in [-0.25, -0.2) is 9.97 Å². The van der Waals surface area contributed by atoms with E-state index in [4.69, 9.17) is 4.74 Å². The molecule has 2 N–H and O–H groups in total. The molecule has 0 unspecified atom stereocenters. The summed E-state index contributed by atoms with van der Waals surface area (Å²) in [6.45, 7) is 1.69. The van der Waals surface area contributed by atoms with Crippen molar-refractivity contribution in [2.45, 2.75) is 6.92 Å². The number of aromatic nitrogens is 5. The number of nitrogens with one attached hydrogen (secondary N) is 2. The molecule has 0 saturated carbocycles. The van der Waals surface area contributed by atoms with Gasteiger partial charge in [-0.3, -0.25) is 9.89 Å². The van der Waals surface area contributed by atoms with Crippen LogP contribution in [-0.4, -0.2) is 32.3 Å². The molecule has 0 atom stereocenters. The van der Waals surface area contributed by atoms with Crippen molar-refractivity contribution in [3.63, 3.8) is 0 Å². The van der Waals surface area contributed by atoms with Crippen molar-refractivity contribution in [1.82, 2.24) is 25.1 Å². The van der Waals surface area contributed by atoms with Crippen LogP contribution in [0.4, 0.5) is 0 Å². The van der Waals surface area contributed by atoms with E-state index in [-0.39, 0.29) is 11.3 Å². The number of nitrogens with zero attached hydrogens (tertiary/aromatic N) is 3. The maximum Gasteiger partial charge on any atom is 0.293 e. The monoisotopic (exact) mass is 207 g/mol. The number of aryl methyl sites for hydroxylation is 1. The lowest BCUT2D eigenvalue weighted by atomic mass is 10.4. The molecule has 0 radical (unpaired) electrons. The average Bonchev–Trinajstić information content (AvgIpc) is 2.69. The normalized spacial score (nSPS) is 10.3. The zero-order chi connectivity index (χ0) is 10.8. The van der Waals surface area contributed by atoms with Crippen molar-refractivity contribution >= 4 is 0 Å². The summed E-state index contributed by atoms with van der Waals surface area (Å²) in [5, 5.41) is 6.28. The quantitative estimate of drug-likeness (QED) is 0.715. The molecule has 7 nitrogen and oxygen atoms in total. The highest BCUT2D eigenvalue weighted by molar-refractivity contribution is 5.43. The third-order valence-electron chi connectivity index (χ3n) is 1.89. The van der Waals surface area contributed by atoms with Gasteiger partial charge in [-0.15, -0.1) is 0 Å². The van der Waals surface area contributed by atoms with Crippen LogP contribution in [0.15, 0.2) is 11.1 Å². The van der Waals surface area contributed by atoms with E-state index in [2.05, 4.69) is 25.1 Å². The summed E-state index contributed by atoms with van der Waals surface area (Å²) in [5.74, 6) is 0.965. The number of hydrogen-bond donors (Lipinski definition) is 2. The van der Waals surface area contributed by atoms with Crippen LogP contribution in [-0.2, 0) is 0 Å². The first-order valence-corrected chi connectivity index (χ1v) is 4.23. The molecule has 0 aliphatic heterocycles. The molecular weight excluding hydrogens is 198 g/mol. The minimum Gasteiger partial charge on any atom is -0.490 e. The Hall–Kier alpha value is -2.18. The van der Waals surface area contributed by atoms with Crippen molar-refractivity contribution < 1.29 is 4.74 Å². The van der Waals surface area contributed by atoms with Gasteiger partial charge in [-0.05, 0) is 6.92 Å². The third-order valence-corrected chi connectivity index (χ3v) is 1.89. The molecule has 2 rings (SSSR count). The fourth-order valence-corrected chi connectivity index (χ4v) is 1.25. The number of aromatic amines is 2. The van der Waals surface area contributed by atoms with Gasteiger partial charge in [-0.1, -0.05) is 0 Å². The van der Waals surface area contributed by atoms with Crippen LogP contribution in [0.1, 0.15) is 5.69 Å². The topological polar surface area (TPSA) is 96.6 Å². The standard InChI is InChI=1S/C8H9N5O2/c1-4-5(15-2)8(14)12-7(11-4)6-9-3-10-13-6/h3H,1-2H3,(H,9,10,13)(H,11,12,14). The van der Waals surface area contributed by atoms with Crippen molar-refractivity contribution in [2.24, 2.45) is 0 Å². The van der Waals surface area contributed by atoms with Gasteiger partial charge in [0.25, 0.3) is 5.56 Å². The van der Waals surface area contributed by atoms with Crippen LogP contribution in [0.25, 0.3) is 11.6 Å². The number of hydrogen-bond acceptors (Lipinski definition) is 5. The summed E-state index contributed by atoms with van der Waals surface area (Å²) in [4.78, 5) is 22.1. The smallest absolute Gasteiger partial charge is 0.293 e. The Morgan fingerprint density at radius 1 is 1.40 bits per heavy atom. The molecule has 0 aromatic carbocycles. The Balaban J connectivity index is 2.58. The Bertz CT molecular complexity index is 516. The maximum absolute atomic E-state index is 11.5. The van der Waals surface area contributed by atoms with E-state index in [1.807, 2.05) is 0 Å². The highest BCUT2D eigenvalue weighted by atomic mass is 16.5. The molecule has 0 saturated heterocycles. The van der Waals surface area contributed by atoms with Crippen LogP contribution in [0.2, 0.25) is 0 Å². The van der Waals surface area contributed by atoms with Crippen LogP contribution in [0.5, 0.6) is 5.75 Å². The molecule has 2 heterocycles. The van der Waals surface area contributed by atoms with Crippen molar-refractivity contribution in [3.8, 4) is 17.4 Å². The summed E-state index contributed by atoms with van der Waals surface area (Å²) in [6.07, 6.45) is 1.34. The van der Waals surface area contributed by atoms with Crippen LogP contribution >= 0.6 is 0 Å². The molecule has 78 valence electrons. The van der Waals surface area contributed by atoms with Crippen molar-refractivity contribution in [3.05, 3.63) is 22.4 Å². The molecule has 0 fully saturated rings. The zero-order valence-electron chi connectivity index (χ0n) is 8.24. The summed E-state index contributed by atoms with van der Waals surface area (Å²) in [6, 6.07) is 0. The molecule has 0 spiro atoms. The Labute approximate surface area is 84.5 Å². The molecule has 0 aliphatic rings. The predicted octanol–water partition coefficient (Wildman–Crippen LogP) is -0.128. The molecule has 0 bridgehead atoms. The van der Waals surface area contributed by atoms with E-state index in [1.165, 1.54) is 13.4 Å². The van der Waals surface area contributed by atoms with Crippen molar-refractivity contribution in [2.75, 3.05) is 7.11 Å². The molecule has 15 heavy (non-hydrogen) atoms. The summed E-state index contributed by atoms with van der Waals surface area (Å²) in [7, 11) is 1.42. The first-order chi connectivity index (χ1) is 7.22. The predicted molar refractivity (Wildman–Crippen MR) is 51.5 cm³/mol. The average molecular weight is 207 g/mol. The highest BCUT2D eigenvalue weighted by Gasteiger charge is 2.10. The molecule has 2 aromatic heterocycles. The second kappa shape index (κ2) is 3.52. The zero-order valence-corrected chi connectivity index (χ0v) is 8.24. The van der Waals surface area contributed by atoms with E-state index in [1.54, 1.807) is 6.92 Å². The van der Waals surface area contributed by atoms with Gasteiger partial charge >= 0.3 is 0 Å². The Kier molecular flexibility index (Phi) is 2.20. The van der Waals surface area contributed by atoms with Gasteiger partial charge in [0, 0.05) is 0 Å². The van der Waals surface area contributed by atoms with Crippen LogP contribution < -0.4 is 10.3 Å². The SMILES string of the molecule is COc1c(C)nc(-c2ncn[nH]2)[nH]c1=O. The fraction of sp³-hybridized carbons (Fsp3) is 0.250. The number of ether oxygens (including phenoxy) is 1. The number of H-pyrrole nitrogens is 2. The first kappa shape index (κ1) is 9.38. The Morgan fingerprint density at radius 3 is 2.73 bits per heavy atom. The fourth-order valence-electron chi connectivity index (χ4n) is 1.25. The first-order valence-electron chi connectivity index (χ1n) is 4.23. The lowest BCUT2D eigenvalue weighted by molar-refractivity contribution is 0.402. The molecular formula is C8H9N5O2. The minimum atomic E-state index is -0.337. The van der Waals surface area contributed by atoms with Gasteiger partial charge in [0.1, 0.15) is 6.33 Å². The van der Waals surface area contributed by atoms with E-state index < -0.39 is 0 Å².